The van der Waals surface area contributed by atoms with Crippen LogP contribution in [-0.2, 0) is 4.74 Å². The molecule has 0 rings (SSSR count). The Morgan fingerprint density at radius 1 is 1.31 bits per heavy atom. The van der Waals surface area contributed by atoms with Gasteiger partial charge in [-0.3, -0.25) is 0 Å². The topological polar surface area (TPSA) is 35.2 Å². The monoisotopic (exact) mass is 199 g/mol. The summed E-state index contributed by atoms with van der Waals surface area (Å²) in [7, 11) is 0. The second kappa shape index (κ2) is 5.44. The maximum atomic E-state index is 11.6. The van der Waals surface area contributed by atoms with Crippen molar-refractivity contribution in [2.75, 3.05) is 13.2 Å². The van der Waals surface area contributed by atoms with Gasteiger partial charge in [-0.2, -0.15) is 13.2 Å². The summed E-state index contributed by atoms with van der Waals surface area (Å²) < 4.78 is 39.7. The minimum Gasteiger partial charge on any atom is -0.379 e. The van der Waals surface area contributed by atoms with E-state index in [0.717, 1.165) is 0 Å². The van der Waals surface area contributed by atoms with E-state index < -0.39 is 12.6 Å². The Morgan fingerprint density at radius 2 is 1.85 bits per heavy atom. The first-order chi connectivity index (χ1) is 5.83. The van der Waals surface area contributed by atoms with E-state index >= 15 is 0 Å². The van der Waals surface area contributed by atoms with Crippen LogP contribution in [0.1, 0.15) is 20.3 Å². The van der Waals surface area contributed by atoms with Crippen molar-refractivity contribution in [1.29, 1.82) is 0 Å². The number of hydrogen-bond donors (Lipinski definition) is 1. The second-order valence-corrected chi connectivity index (χ2v) is 3.35. The molecule has 13 heavy (non-hydrogen) atoms. The Labute approximate surface area is 76.2 Å². The molecule has 5 heteroatoms. The molecule has 0 spiro atoms. The lowest BCUT2D eigenvalue weighted by atomic mass is 10.1. The van der Waals surface area contributed by atoms with Crippen LogP contribution in [0.25, 0.3) is 0 Å². The zero-order valence-electron chi connectivity index (χ0n) is 7.90. The average molecular weight is 199 g/mol. The Balaban J connectivity index is 3.36. The van der Waals surface area contributed by atoms with E-state index in [0.29, 0.717) is 0 Å². The zero-order valence-corrected chi connectivity index (χ0v) is 7.90. The second-order valence-electron chi connectivity index (χ2n) is 3.35. The Hall–Kier alpha value is -0.290. The summed E-state index contributed by atoms with van der Waals surface area (Å²) in [6, 6.07) is -0.187. The highest BCUT2D eigenvalue weighted by molar-refractivity contribution is 4.63. The predicted molar refractivity (Wildman–Crippen MR) is 44.3 cm³/mol. The van der Waals surface area contributed by atoms with Gasteiger partial charge >= 0.3 is 6.18 Å². The summed E-state index contributed by atoms with van der Waals surface area (Å²) in [5.41, 5.74) is 5.56. The first-order valence-electron chi connectivity index (χ1n) is 4.23. The molecule has 0 radical (unpaired) electrons. The zero-order chi connectivity index (χ0) is 10.5. The highest BCUT2D eigenvalue weighted by Gasteiger charge is 2.26. The van der Waals surface area contributed by atoms with Crippen LogP contribution in [0.4, 0.5) is 13.2 Å². The summed E-state index contributed by atoms with van der Waals surface area (Å²) in [6.07, 6.45) is -5.04. The van der Waals surface area contributed by atoms with Gasteiger partial charge in [0.05, 0.1) is 19.6 Å². The van der Waals surface area contributed by atoms with Crippen LogP contribution in [0.2, 0.25) is 0 Å². The van der Waals surface area contributed by atoms with E-state index in [9.17, 15) is 13.2 Å². The van der Waals surface area contributed by atoms with Crippen LogP contribution in [0.15, 0.2) is 0 Å². The molecule has 0 heterocycles. The van der Waals surface area contributed by atoms with Crippen LogP contribution in [0, 0.1) is 5.92 Å². The third kappa shape index (κ3) is 8.05. The molecule has 0 aromatic carbocycles. The van der Waals surface area contributed by atoms with Crippen LogP contribution in [-0.4, -0.2) is 25.4 Å². The molecule has 0 amide bonds. The Bertz CT molecular complexity index is 136. The van der Waals surface area contributed by atoms with Gasteiger partial charge in [-0.1, -0.05) is 13.8 Å². The third-order valence-corrected chi connectivity index (χ3v) is 1.70. The molecule has 0 aliphatic rings. The molecule has 0 saturated carbocycles. The molecule has 2 N–H and O–H groups in total. The van der Waals surface area contributed by atoms with Gasteiger partial charge in [0.2, 0.25) is 0 Å². The molecule has 0 fully saturated rings. The lowest BCUT2D eigenvalue weighted by molar-refractivity contribution is -0.145. The number of hydrogen-bond acceptors (Lipinski definition) is 2. The Kier molecular flexibility index (Phi) is 5.32. The van der Waals surface area contributed by atoms with Crippen molar-refractivity contribution in [3.63, 3.8) is 0 Å². The van der Waals surface area contributed by atoms with Gasteiger partial charge in [-0.25, -0.2) is 0 Å². The minimum absolute atomic E-state index is 0.187. The summed E-state index contributed by atoms with van der Waals surface area (Å²) in [5.74, 6) is 0.228. The maximum Gasteiger partial charge on any atom is 0.391 e. The number of rotatable bonds is 5. The van der Waals surface area contributed by atoms with Crippen molar-refractivity contribution in [3.05, 3.63) is 0 Å². The molecule has 0 aliphatic heterocycles. The van der Waals surface area contributed by atoms with Gasteiger partial charge in [0.1, 0.15) is 0 Å². The normalized spacial score (nSPS) is 15.0. The fourth-order valence-corrected chi connectivity index (χ4v) is 0.600. The van der Waals surface area contributed by atoms with Crippen molar-refractivity contribution in [2.45, 2.75) is 32.5 Å². The van der Waals surface area contributed by atoms with E-state index in [2.05, 4.69) is 0 Å². The van der Waals surface area contributed by atoms with Crippen LogP contribution in [0.3, 0.4) is 0 Å². The summed E-state index contributed by atoms with van der Waals surface area (Å²) in [4.78, 5) is 0. The molecule has 0 saturated heterocycles. The summed E-state index contributed by atoms with van der Waals surface area (Å²) in [6.45, 7) is 3.69. The molecule has 80 valence electrons. The Morgan fingerprint density at radius 3 is 2.23 bits per heavy atom. The molecule has 0 aliphatic carbocycles. The molecule has 0 aromatic rings. The molecular weight excluding hydrogens is 183 g/mol. The first kappa shape index (κ1) is 12.7. The van der Waals surface area contributed by atoms with E-state index in [1.54, 1.807) is 0 Å². The summed E-state index contributed by atoms with van der Waals surface area (Å²) in [5, 5.41) is 0. The molecule has 0 aromatic heterocycles. The van der Waals surface area contributed by atoms with Crippen molar-refractivity contribution >= 4 is 0 Å². The van der Waals surface area contributed by atoms with Crippen molar-refractivity contribution in [1.82, 2.24) is 0 Å². The highest BCUT2D eigenvalue weighted by atomic mass is 19.4. The lowest BCUT2D eigenvalue weighted by Gasteiger charge is -2.15. The van der Waals surface area contributed by atoms with Gasteiger partial charge in [-0.15, -0.1) is 0 Å². The molecule has 0 bridgehead atoms. The van der Waals surface area contributed by atoms with Gasteiger partial charge in [0.25, 0.3) is 0 Å². The number of halogens is 3. The van der Waals surface area contributed by atoms with Crippen molar-refractivity contribution < 1.29 is 17.9 Å². The van der Waals surface area contributed by atoms with Gasteiger partial charge in [-0.05, 0) is 5.92 Å². The number of nitrogens with two attached hydrogens (primary N) is 1. The van der Waals surface area contributed by atoms with Gasteiger partial charge in [0, 0.05) is 6.04 Å². The molecule has 2 nitrogen and oxygen atoms in total. The smallest absolute Gasteiger partial charge is 0.379 e. The van der Waals surface area contributed by atoms with E-state index in [-0.39, 0.29) is 25.2 Å². The molecule has 1 unspecified atom stereocenters. The summed E-state index contributed by atoms with van der Waals surface area (Å²) >= 11 is 0. The van der Waals surface area contributed by atoms with E-state index in [1.807, 2.05) is 13.8 Å². The highest BCUT2D eigenvalue weighted by Crippen LogP contribution is 2.18. The SMILES string of the molecule is CC(C)C(N)COCCC(F)(F)F. The fourth-order valence-electron chi connectivity index (χ4n) is 0.600. The van der Waals surface area contributed by atoms with Crippen molar-refractivity contribution in [3.8, 4) is 0 Å². The first-order valence-corrected chi connectivity index (χ1v) is 4.23. The molecule has 1 atom stereocenters. The number of alkyl halides is 3. The fraction of sp³-hybridized carbons (Fsp3) is 1.00. The largest absolute Gasteiger partial charge is 0.391 e. The average Bonchev–Trinajstić information content (AvgIpc) is 1.95. The van der Waals surface area contributed by atoms with Crippen LogP contribution < -0.4 is 5.73 Å². The molecular formula is C8H16F3NO. The van der Waals surface area contributed by atoms with Crippen LogP contribution >= 0.6 is 0 Å². The predicted octanol–water partition coefficient (Wildman–Crippen LogP) is 1.94. The van der Waals surface area contributed by atoms with E-state index in [1.165, 1.54) is 0 Å². The quantitative estimate of drug-likeness (QED) is 0.687. The maximum absolute atomic E-state index is 11.6. The van der Waals surface area contributed by atoms with E-state index in [4.69, 9.17) is 10.5 Å². The third-order valence-electron chi connectivity index (χ3n) is 1.70. The minimum atomic E-state index is -4.14. The number of ether oxygens (including phenoxy) is 1. The van der Waals surface area contributed by atoms with Crippen molar-refractivity contribution in [2.24, 2.45) is 11.7 Å². The standard InChI is InChI=1S/C8H16F3NO/c1-6(2)7(12)5-13-4-3-8(9,10)11/h6-7H,3-5,12H2,1-2H3. The van der Waals surface area contributed by atoms with Crippen LogP contribution in [0.5, 0.6) is 0 Å². The lowest BCUT2D eigenvalue weighted by Crippen LogP contribution is -2.32. The van der Waals surface area contributed by atoms with Gasteiger partial charge in [0.15, 0.2) is 0 Å². The van der Waals surface area contributed by atoms with Gasteiger partial charge < -0.3 is 10.5 Å².